The van der Waals surface area contributed by atoms with Crippen molar-refractivity contribution in [1.29, 1.82) is 0 Å². The Bertz CT molecular complexity index is 896. The quantitative estimate of drug-likeness (QED) is 0.535. The van der Waals surface area contributed by atoms with Crippen LogP contribution >= 0.6 is 0 Å². The van der Waals surface area contributed by atoms with Gasteiger partial charge in [-0.3, -0.25) is 9.59 Å². The highest BCUT2D eigenvalue weighted by atomic mass is 16.5. The van der Waals surface area contributed by atoms with Gasteiger partial charge < -0.3 is 15.0 Å². The average Bonchev–Trinajstić information content (AvgIpc) is 2.77. The summed E-state index contributed by atoms with van der Waals surface area (Å²) in [5.74, 6) is 0.639. The summed E-state index contributed by atoms with van der Waals surface area (Å²) in [5, 5.41) is 2.97. The van der Waals surface area contributed by atoms with Crippen LogP contribution in [0.5, 0.6) is 5.75 Å². The highest BCUT2D eigenvalue weighted by Crippen LogP contribution is 2.23. The van der Waals surface area contributed by atoms with Crippen LogP contribution < -0.4 is 10.1 Å². The molecule has 0 spiro atoms. The molecule has 1 N–H and O–H groups in total. The van der Waals surface area contributed by atoms with Crippen LogP contribution in [0.2, 0.25) is 0 Å². The number of carbonyl (C=O) groups is 2. The van der Waals surface area contributed by atoms with Crippen LogP contribution in [0.15, 0.2) is 48.5 Å². The number of methoxy groups -OCH3 is 1. The molecule has 2 amide bonds. The summed E-state index contributed by atoms with van der Waals surface area (Å²) in [6, 6.07) is 15.6. The Labute approximate surface area is 199 Å². The molecule has 2 rings (SSSR count). The zero-order valence-corrected chi connectivity index (χ0v) is 21.3. The Kier molecular flexibility index (Phi) is 9.51. The predicted molar refractivity (Wildman–Crippen MR) is 134 cm³/mol. The molecule has 2 aromatic carbocycles. The number of rotatable bonds is 10. The first kappa shape index (κ1) is 26.4. The van der Waals surface area contributed by atoms with Crippen LogP contribution in [-0.4, -0.2) is 35.9 Å². The van der Waals surface area contributed by atoms with Crippen molar-refractivity contribution >= 4 is 11.8 Å². The SMILES string of the molecule is CC[C@H](C(=O)NC(C)C)N(Cc1ccc(OC)cc1)C(=O)CCc1ccc(C(C)(C)C)cc1. The Morgan fingerprint density at radius 2 is 1.55 bits per heavy atom. The zero-order valence-electron chi connectivity index (χ0n) is 21.3. The number of hydrogen-bond donors (Lipinski definition) is 1. The maximum absolute atomic E-state index is 13.4. The van der Waals surface area contributed by atoms with Gasteiger partial charge in [0.15, 0.2) is 0 Å². The minimum absolute atomic E-state index is 0.0172. The molecule has 0 saturated heterocycles. The molecule has 0 aliphatic rings. The third-order valence-electron chi connectivity index (χ3n) is 5.78. The number of carbonyl (C=O) groups excluding carboxylic acids is 2. The fourth-order valence-corrected chi connectivity index (χ4v) is 3.79. The number of ether oxygens (including phenoxy) is 1. The molecule has 0 unspecified atom stereocenters. The molecule has 5 nitrogen and oxygen atoms in total. The second-order valence-electron chi connectivity index (χ2n) is 9.90. The van der Waals surface area contributed by atoms with Gasteiger partial charge in [-0.15, -0.1) is 0 Å². The lowest BCUT2D eigenvalue weighted by Crippen LogP contribution is -2.50. The lowest BCUT2D eigenvalue weighted by molar-refractivity contribution is -0.141. The number of aryl methyl sites for hydroxylation is 1. The van der Waals surface area contributed by atoms with Crippen LogP contribution in [0.25, 0.3) is 0 Å². The monoisotopic (exact) mass is 452 g/mol. The molecule has 0 heterocycles. The van der Waals surface area contributed by atoms with E-state index in [-0.39, 0.29) is 23.3 Å². The first-order valence-electron chi connectivity index (χ1n) is 11.9. The summed E-state index contributed by atoms with van der Waals surface area (Å²) >= 11 is 0. The van der Waals surface area contributed by atoms with Gasteiger partial charge in [-0.1, -0.05) is 64.1 Å². The number of amides is 2. The molecule has 1 atom stereocenters. The van der Waals surface area contributed by atoms with Gasteiger partial charge in [0.05, 0.1) is 7.11 Å². The van der Waals surface area contributed by atoms with Crippen molar-refractivity contribution < 1.29 is 14.3 Å². The summed E-state index contributed by atoms with van der Waals surface area (Å²) in [7, 11) is 1.63. The van der Waals surface area contributed by atoms with E-state index in [1.54, 1.807) is 12.0 Å². The van der Waals surface area contributed by atoms with Gasteiger partial charge in [-0.25, -0.2) is 0 Å². The highest BCUT2D eigenvalue weighted by Gasteiger charge is 2.28. The average molecular weight is 453 g/mol. The summed E-state index contributed by atoms with van der Waals surface area (Å²) in [5.41, 5.74) is 3.46. The van der Waals surface area contributed by atoms with Crippen LogP contribution in [0.1, 0.15) is 71.1 Å². The van der Waals surface area contributed by atoms with Crippen molar-refractivity contribution in [3.63, 3.8) is 0 Å². The Morgan fingerprint density at radius 3 is 2.03 bits per heavy atom. The molecule has 0 aromatic heterocycles. The van der Waals surface area contributed by atoms with Gasteiger partial charge in [0, 0.05) is 19.0 Å². The third-order valence-corrected chi connectivity index (χ3v) is 5.78. The van der Waals surface area contributed by atoms with Crippen LogP contribution in [-0.2, 0) is 28.0 Å². The van der Waals surface area contributed by atoms with Crippen molar-refractivity contribution in [3.8, 4) is 5.75 Å². The van der Waals surface area contributed by atoms with E-state index in [2.05, 4.69) is 50.4 Å². The van der Waals surface area contributed by atoms with Crippen molar-refractivity contribution in [2.75, 3.05) is 7.11 Å². The van der Waals surface area contributed by atoms with Crippen LogP contribution in [0, 0.1) is 0 Å². The lowest BCUT2D eigenvalue weighted by atomic mass is 9.86. The predicted octanol–water partition coefficient (Wildman–Crippen LogP) is 5.26. The van der Waals surface area contributed by atoms with Crippen LogP contribution in [0.3, 0.4) is 0 Å². The summed E-state index contributed by atoms with van der Waals surface area (Å²) < 4.78 is 5.24. The van der Waals surface area contributed by atoms with E-state index in [0.717, 1.165) is 16.9 Å². The molecule has 2 aromatic rings. The van der Waals surface area contributed by atoms with Crippen LogP contribution in [0.4, 0.5) is 0 Å². The van der Waals surface area contributed by atoms with Crippen molar-refractivity contribution in [1.82, 2.24) is 10.2 Å². The summed E-state index contributed by atoms with van der Waals surface area (Å²) in [6.07, 6.45) is 1.56. The zero-order chi connectivity index (χ0) is 24.6. The standard InChI is InChI=1S/C28H40N2O3/c1-8-25(27(32)29-20(2)3)30(19-22-11-16-24(33-7)17-12-22)26(31)18-13-21-9-14-23(15-10-21)28(4,5)6/h9-12,14-17,20,25H,8,13,18-19H2,1-7H3,(H,29,32)/t25-/m1/s1. The minimum atomic E-state index is -0.509. The molecule has 0 fully saturated rings. The lowest BCUT2D eigenvalue weighted by Gasteiger charge is -2.31. The fraction of sp³-hybridized carbons (Fsp3) is 0.500. The first-order chi connectivity index (χ1) is 15.5. The molecule has 0 aliphatic heterocycles. The van der Waals surface area contributed by atoms with Gasteiger partial charge in [0.1, 0.15) is 11.8 Å². The number of nitrogens with one attached hydrogen (secondary N) is 1. The van der Waals surface area contributed by atoms with Gasteiger partial charge in [-0.2, -0.15) is 0 Å². The van der Waals surface area contributed by atoms with E-state index in [4.69, 9.17) is 4.74 Å². The molecule has 180 valence electrons. The molecule has 33 heavy (non-hydrogen) atoms. The molecular formula is C28H40N2O3. The second-order valence-corrected chi connectivity index (χ2v) is 9.90. The van der Waals surface area contributed by atoms with E-state index in [1.807, 2.05) is 45.0 Å². The molecule has 0 saturated carbocycles. The number of benzene rings is 2. The fourth-order valence-electron chi connectivity index (χ4n) is 3.79. The van der Waals surface area contributed by atoms with E-state index in [0.29, 0.717) is 25.8 Å². The maximum atomic E-state index is 13.4. The summed E-state index contributed by atoms with van der Waals surface area (Å²) in [4.78, 5) is 28.0. The maximum Gasteiger partial charge on any atom is 0.243 e. The van der Waals surface area contributed by atoms with Crippen molar-refractivity contribution in [2.45, 2.75) is 84.8 Å². The van der Waals surface area contributed by atoms with Gasteiger partial charge in [0.25, 0.3) is 0 Å². The van der Waals surface area contributed by atoms with Gasteiger partial charge in [-0.05, 0) is 60.9 Å². The third kappa shape index (κ3) is 7.92. The van der Waals surface area contributed by atoms with Crippen molar-refractivity contribution in [2.24, 2.45) is 0 Å². The molecule has 0 aliphatic carbocycles. The highest BCUT2D eigenvalue weighted by molar-refractivity contribution is 5.87. The molecule has 0 radical (unpaired) electrons. The minimum Gasteiger partial charge on any atom is -0.497 e. The number of nitrogens with zero attached hydrogens (tertiary/aromatic N) is 1. The molecular weight excluding hydrogens is 412 g/mol. The molecule has 5 heteroatoms. The van der Waals surface area contributed by atoms with E-state index in [1.165, 1.54) is 5.56 Å². The van der Waals surface area contributed by atoms with E-state index in [9.17, 15) is 9.59 Å². The topological polar surface area (TPSA) is 58.6 Å². The Hall–Kier alpha value is -2.82. The first-order valence-corrected chi connectivity index (χ1v) is 11.9. The Morgan fingerprint density at radius 1 is 0.970 bits per heavy atom. The normalized spacial score (nSPS) is 12.4. The van der Waals surface area contributed by atoms with E-state index < -0.39 is 6.04 Å². The van der Waals surface area contributed by atoms with Gasteiger partial charge >= 0.3 is 0 Å². The number of hydrogen-bond acceptors (Lipinski definition) is 3. The largest absolute Gasteiger partial charge is 0.497 e. The Balaban J connectivity index is 2.19. The molecule has 0 bridgehead atoms. The summed E-state index contributed by atoms with van der Waals surface area (Å²) in [6.45, 7) is 12.8. The smallest absolute Gasteiger partial charge is 0.243 e. The van der Waals surface area contributed by atoms with Gasteiger partial charge in [0.2, 0.25) is 11.8 Å². The van der Waals surface area contributed by atoms with Crippen molar-refractivity contribution in [3.05, 3.63) is 65.2 Å². The second kappa shape index (κ2) is 11.9. The van der Waals surface area contributed by atoms with E-state index >= 15 is 0 Å².